The van der Waals surface area contributed by atoms with Crippen LogP contribution in [0, 0.1) is 5.92 Å². The van der Waals surface area contributed by atoms with E-state index < -0.39 is 0 Å². The highest BCUT2D eigenvalue weighted by atomic mass is 16.3. The van der Waals surface area contributed by atoms with Gasteiger partial charge < -0.3 is 15.3 Å². The van der Waals surface area contributed by atoms with Crippen molar-refractivity contribution in [2.45, 2.75) is 31.4 Å². The summed E-state index contributed by atoms with van der Waals surface area (Å²) >= 11 is 0. The molecular formula is C10H20N2O. The first-order valence-electron chi connectivity index (χ1n) is 5.37. The van der Waals surface area contributed by atoms with Gasteiger partial charge in [-0.25, -0.2) is 0 Å². The standard InChI is InChI=1S/C10H20N2O/c1-12-6-3-8(4-7-12)10-9(13)2-5-11-10/h8-11,13H,2-7H2,1H3. The Morgan fingerprint density at radius 1 is 1.23 bits per heavy atom. The molecule has 0 aromatic rings. The summed E-state index contributed by atoms with van der Waals surface area (Å²) in [6.45, 7) is 3.38. The van der Waals surface area contributed by atoms with Crippen molar-refractivity contribution in [3.05, 3.63) is 0 Å². The van der Waals surface area contributed by atoms with Crippen molar-refractivity contribution < 1.29 is 5.11 Å². The second kappa shape index (κ2) is 3.95. The predicted octanol–water partition coefficient (Wildman–Crippen LogP) is 0.0510. The third kappa shape index (κ3) is 2.03. The van der Waals surface area contributed by atoms with E-state index >= 15 is 0 Å². The maximum atomic E-state index is 9.73. The summed E-state index contributed by atoms with van der Waals surface area (Å²) in [7, 11) is 2.18. The van der Waals surface area contributed by atoms with Crippen LogP contribution in [-0.4, -0.2) is 48.8 Å². The number of hydrogen-bond donors (Lipinski definition) is 2. The van der Waals surface area contributed by atoms with E-state index in [4.69, 9.17) is 0 Å². The van der Waals surface area contributed by atoms with Crippen molar-refractivity contribution in [2.24, 2.45) is 5.92 Å². The van der Waals surface area contributed by atoms with Gasteiger partial charge in [0.1, 0.15) is 0 Å². The van der Waals surface area contributed by atoms with Crippen LogP contribution in [0.1, 0.15) is 19.3 Å². The van der Waals surface area contributed by atoms with Crippen LogP contribution in [0.15, 0.2) is 0 Å². The monoisotopic (exact) mass is 184 g/mol. The smallest absolute Gasteiger partial charge is 0.0708 e. The van der Waals surface area contributed by atoms with Crippen molar-refractivity contribution in [3.8, 4) is 0 Å². The lowest BCUT2D eigenvalue weighted by atomic mass is 9.87. The Balaban J connectivity index is 1.86. The molecule has 3 heteroatoms. The Morgan fingerprint density at radius 2 is 1.92 bits per heavy atom. The average Bonchev–Trinajstić information content (AvgIpc) is 2.53. The number of nitrogens with zero attached hydrogens (tertiary/aromatic N) is 1. The van der Waals surface area contributed by atoms with Crippen LogP contribution < -0.4 is 5.32 Å². The zero-order valence-electron chi connectivity index (χ0n) is 8.37. The molecule has 2 atom stereocenters. The number of likely N-dealkylation sites (tertiary alicyclic amines) is 1. The maximum Gasteiger partial charge on any atom is 0.0708 e. The molecule has 2 rings (SSSR count). The molecule has 0 spiro atoms. The number of rotatable bonds is 1. The van der Waals surface area contributed by atoms with Crippen molar-refractivity contribution in [1.82, 2.24) is 10.2 Å². The van der Waals surface area contributed by atoms with E-state index in [1.165, 1.54) is 25.9 Å². The molecule has 0 radical (unpaired) electrons. The number of nitrogens with one attached hydrogen (secondary N) is 1. The van der Waals surface area contributed by atoms with Crippen LogP contribution >= 0.6 is 0 Å². The predicted molar refractivity (Wildman–Crippen MR) is 52.6 cm³/mol. The first kappa shape index (κ1) is 9.44. The topological polar surface area (TPSA) is 35.5 Å². The van der Waals surface area contributed by atoms with E-state index in [1.807, 2.05) is 0 Å². The summed E-state index contributed by atoms with van der Waals surface area (Å²) in [5.74, 6) is 0.702. The van der Waals surface area contributed by atoms with Crippen molar-refractivity contribution in [1.29, 1.82) is 0 Å². The normalized spacial score (nSPS) is 38.3. The van der Waals surface area contributed by atoms with Gasteiger partial charge in [0, 0.05) is 6.04 Å². The Kier molecular flexibility index (Phi) is 2.86. The van der Waals surface area contributed by atoms with Gasteiger partial charge in [-0.3, -0.25) is 0 Å². The molecule has 2 aliphatic rings. The van der Waals surface area contributed by atoms with Crippen molar-refractivity contribution in [2.75, 3.05) is 26.7 Å². The molecule has 0 saturated carbocycles. The Labute approximate surface area is 80.1 Å². The zero-order valence-corrected chi connectivity index (χ0v) is 8.37. The van der Waals surface area contributed by atoms with E-state index in [1.54, 1.807) is 0 Å². The van der Waals surface area contributed by atoms with Gasteiger partial charge in [0.05, 0.1) is 6.10 Å². The fourth-order valence-electron chi connectivity index (χ4n) is 2.58. The second-order valence-electron chi connectivity index (χ2n) is 4.48. The molecule has 2 heterocycles. The summed E-state index contributed by atoms with van der Waals surface area (Å²) in [5, 5.41) is 13.2. The van der Waals surface area contributed by atoms with Gasteiger partial charge >= 0.3 is 0 Å². The van der Waals surface area contributed by atoms with Crippen LogP contribution in [-0.2, 0) is 0 Å². The number of aliphatic hydroxyl groups excluding tert-OH is 1. The van der Waals surface area contributed by atoms with Crippen molar-refractivity contribution in [3.63, 3.8) is 0 Å². The molecule has 0 amide bonds. The van der Waals surface area contributed by atoms with Gasteiger partial charge in [-0.05, 0) is 51.9 Å². The third-order valence-electron chi connectivity index (χ3n) is 3.51. The van der Waals surface area contributed by atoms with Crippen LogP contribution in [0.4, 0.5) is 0 Å². The molecule has 2 N–H and O–H groups in total. The Bertz CT molecular complexity index is 166. The molecule has 2 unspecified atom stereocenters. The highest BCUT2D eigenvalue weighted by Crippen LogP contribution is 2.25. The molecule has 13 heavy (non-hydrogen) atoms. The number of hydrogen-bond acceptors (Lipinski definition) is 3. The molecule has 0 aromatic carbocycles. The maximum absolute atomic E-state index is 9.73. The van der Waals surface area contributed by atoms with E-state index in [2.05, 4.69) is 17.3 Å². The third-order valence-corrected chi connectivity index (χ3v) is 3.51. The summed E-state index contributed by atoms with van der Waals surface area (Å²) < 4.78 is 0. The molecular weight excluding hydrogens is 164 g/mol. The van der Waals surface area contributed by atoms with E-state index in [-0.39, 0.29) is 6.10 Å². The van der Waals surface area contributed by atoms with Crippen molar-refractivity contribution >= 4 is 0 Å². The molecule has 0 bridgehead atoms. The van der Waals surface area contributed by atoms with Gasteiger partial charge in [-0.1, -0.05) is 0 Å². The fraction of sp³-hybridized carbons (Fsp3) is 1.00. The summed E-state index contributed by atoms with van der Waals surface area (Å²) in [6.07, 6.45) is 3.33. The summed E-state index contributed by atoms with van der Waals surface area (Å²) in [4.78, 5) is 2.37. The van der Waals surface area contributed by atoms with E-state index in [0.717, 1.165) is 13.0 Å². The van der Waals surface area contributed by atoms with Crippen LogP contribution in [0.3, 0.4) is 0 Å². The summed E-state index contributed by atoms with van der Waals surface area (Å²) in [5.41, 5.74) is 0. The lowest BCUT2D eigenvalue weighted by Gasteiger charge is -2.33. The SMILES string of the molecule is CN1CCC(C2NCCC2O)CC1. The highest BCUT2D eigenvalue weighted by Gasteiger charge is 2.33. The first-order chi connectivity index (χ1) is 6.27. The molecule has 3 nitrogen and oxygen atoms in total. The van der Waals surface area contributed by atoms with Crippen LogP contribution in [0.25, 0.3) is 0 Å². The first-order valence-corrected chi connectivity index (χ1v) is 5.37. The average molecular weight is 184 g/mol. The van der Waals surface area contributed by atoms with E-state index in [9.17, 15) is 5.11 Å². The van der Waals surface area contributed by atoms with Gasteiger partial charge in [-0.2, -0.15) is 0 Å². The Morgan fingerprint density at radius 3 is 2.46 bits per heavy atom. The lowest BCUT2D eigenvalue weighted by molar-refractivity contribution is 0.101. The number of aliphatic hydroxyl groups is 1. The minimum absolute atomic E-state index is 0.0894. The van der Waals surface area contributed by atoms with Gasteiger partial charge in [0.15, 0.2) is 0 Å². The molecule has 2 aliphatic heterocycles. The van der Waals surface area contributed by atoms with Gasteiger partial charge in [0.25, 0.3) is 0 Å². The molecule has 76 valence electrons. The zero-order chi connectivity index (χ0) is 9.26. The van der Waals surface area contributed by atoms with E-state index in [0.29, 0.717) is 12.0 Å². The van der Waals surface area contributed by atoms with Crippen LogP contribution in [0.5, 0.6) is 0 Å². The Hall–Kier alpha value is -0.120. The molecule has 2 saturated heterocycles. The quantitative estimate of drug-likeness (QED) is 0.604. The number of piperidine rings is 1. The molecule has 0 aliphatic carbocycles. The molecule has 0 aromatic heterocycles. The lowest BCUT2D eigenvalue weighted by Crippen LogP contribution is -2.43. The summed E-state index contributed by atoms with van der Waals surface area (Å²) in [6, 6.07) is 0.383. The second-order valence-corrected chi connectivity index (χ2v) is 4.48. The largest absolute Gasteiger partial charge is 0.391 e. The minimum Gasteiger partial charge on any atom is -0.391 e. The minimum atomic E-state index is -0.0894. The van der Waals surface area contributed by atoms with Crippen LogP contribution in [0.2, 0.25) is 0 Å². The molecule has 2 fully saturated rings. The highest BCUT2D eigenvalue weighted by molar-refractivity contribution is 4.90. The fourth-order valence-corrected chi connectivity index (χ4v) is 2.58. The van der Waals surface area contributed by atoms with Gasteiger partial charge in [-0.15, -0.1) is 0 Å². The van der Waals surface area contributed by atoms with Gasteiger partial charge in [0.2, 0.25) is 0 Å².